The van der Waals surface area contributed by atoms with E-state index in [0.717, 1.165) is 35.8 Å². The minimum absolute atomic E-state index is 0.150. The molecule has 4 rings (SSSR count). The molecule has 0 aliphatic carbocycles. The lowest BCUT2D eigenvalue weighted by Gasteiger charge is -2.26. The summed E-state index contributed by atoms with van der Waals surface area (Å²) in [5, 5.41) is 3.79. The molecule has 2 heterocycles. The number of hydrogen-bond acceptors (Lipinski definition) is 4. The van der Waals surface area contributed by atoms with Gasteiger partial charge in [-0.15, -0.1) is 0 Å². The van der Waals surface area contributed by atoms with Crippen LogP contribution in [0.3, 0.4) is 0 Å². The number of carbonyl (C=O) groups excluding carboxylic acids is 1. The molecule has 6 nitrogen and oxygen atoms in total. The van der Waals surface area contributed by atoms with Crippen molar-refractivity contribution < 1.29 is 17.6 Å². The van der Waals surface area contributed by atoms with Crippen molar-refractivity contribution in [1.29, 1.82) is 0 Å². The normalized spacial score (nSPS) is 15.4. The van der Waals surface area contributed by atoms with Gasteiger partial charge < -0.3 is 9.73 Å². The fraction of sp³-hybridized carbons (Fsp3) is 0.400. The highest BCUT2D eigenvalue weighted by molar-refractivity contribution is 7.89. The van der Waals surface area contributed by atoms with Crippen molar-refractivity contribution in [3.63, 3.8) is 0 Å². The Bertz CT molecular complexity index is 1240. The number of sulfonamides is 1. The number of benzene rings is 2. The fourth-order valence-electron chi connectivity index (χ4n) is 4.37. The molecule has 1 fully saturated rings. The van der Waals surface area contributed by atoms with Crippen molar-refractivity contribution in [2.45, 2.75) is 57.3 Å². The molecule has 1 saturated heterocycles. The van der Waals surface area contributed by atoms with Gasteiger partial charge >= 0.3 is 0 Å². The zero-order chi connectivity index (χ0) is 22.9. The van der Waals surface area contributed by atoms with Crippen LogP contribution in [0, 0.1) is 6.92 Å². The number of nitrogens with zero attached hydrogens (tertiary/aromatic N) is 1. The lowest BCUT2D eigenvalue weighted by molar-refractivity contribution is -0.115. The molecule has 1 aliphatic rings. The summed E-state index contributed by atoms with van der Waals surface area (Å²) < 4.78 is 33.1. The van der Waals surface area contributed by atoms with E-state index in [1.54, 1.807) is 24.5 Å². The molecular weight excluding hydrogens is 424 g/mol. The maximum atomic E-state index is 12.9. The largest absolute Gasteiger partial charge is 0.464 e. The monoisotopic (exact) mass is 454 g/mol. The summed E-state index contributed by atoms with van der Waals surface area (Å²) in [6.07, 6.45) is 4.60. The first-order valence-electron chi connectivity index (χ1n) is 11.2. The van der Waals surface area contributed by atoms with E-state index in [2.05, 4.69) is 32.2 Å². The Morgan fingerprint density at radius 2 is 1.88 bits per heavy atom. The maximum Gasteiger partial charge on any atom is 0.243 e. The molecule has 0 spiro atoms. The first kappa shape index (κ1) is 22.6. The number of aryl methyl sites for hydroxylation is 1. The smallest absolute Gasteiger partial charge is 0.243 e. The minimum Gasteiger partial charge on any atom is -0.464 e. The molecule has 0 radical (unpaired) electrons. The summed E-state index contributed by atoms with van der Waals surface area (Å²) in [5.41, 5.74) is 4.46. The number of rotatable bonds is 6. The summed E-state index contributed by atoms with van der Waals surface area (Å²) in [6.45, 7) is 7.44. The Labute approximate surface area is 189 Å². The standard InChI is InChI=1S/C25H30N2O4S/c1-17(2)22-15-23-19(16-31-24(23)12-18(22)3)13-25(28)26-20-8-7-9-21(14-20)32(29,30)27-10-5-4-6-11-27/h7-9,12,14-17H,4-6,10-11,13H2,1-3H3,(H,26,28). The number of anilines is 1. The van der Waals surface area contributed by atoms with Crippen LogP contribution < -0.4 is 5.32 Å². The molecule has 1 amide bonds. The number of amides is 1. The van der Waals surface area contributed by atoms with Crippen molar-refractivity contribution in [2.24, 2.45) is 0 Å². The van der Waals surface area contributed by atoms with Gasteiger partial charge in [-0.1, -0.05) is 26.3 Å². The van der Waals surface area contributed by atoms with Gasteiger partial charge in [-0.25, -0.2) is 8.42 Å². The first-order chi connectivity index (χ1) is 15.3. The van der Waals surface area contributed by atoms with Crippen molar-refractivity contribution in [3.05, 3.63) is 59.4 Å². The van der Waals surface area contributed by atoms with E-state index < -0.39 is 10.0 Å². The van der Waals surface area contributed by atoms with Crippen molar-refractivity contribution in [3.8, 4) is 0 Å². The number of fused-ring (bicyclic) bond motifs is 1. The number of nitrogens with one attached hydrogen (secondary N) is 1. The van der Waals surface area contributed by atoms with Crippen LogP contribution in [0.15, 0.2) is 52.0 Å². The number of carbonyl (C=O) groups is 1. The van der Waals surface area contributed by atoms with E-state index in [4.69, 9.17) is 4.42 Å². The highest BCUT2D eigenvalue weighted by Crippen LogP contribution is 2.29. The van der Waals surface area contributed by atoms with Gasteiger partial charge in [-0.05, 0) is 67.1 Å². The summed E-state index contributed by atoms with van der Waals surface area (Å²) in [7, 11) is -3.55. The van der Waals surface area contributed by atoms with Gasteiger partial charge in [0, 0.05) is 29.7 Å². The zero-order valence-corrected chi connectivity index (χ0v) is 19.7. The van der Waals surface area contributed by atoms with Crippen LogP contribution in [0.4, 0.5) is 5.69 Å². The summed E-state index contributed by atoms with van der Waals surface area (Å²) >= 11 is 0. The molecule has 1 N–H and O–H groups in total. The predicted octanol–water partition coefficient (Wildman–Crippen LogP) is 5.22. The molecule has 32 heavy (non-hydrogen) atoms. The lowest BCUT2D eigenvalue weighted by atomic mass is 9.95. The Kier molecular flexibility index (Phi) is 6.40. The maximum absolute atomic E-state index is 12.9. The molecule has 1 aliphatic heterocycles. The van der Waals surface area contributed by atoms with Gasteiger partial charge in [0.1, 0.15) is 5.58 Å². The van der Waals surface area contributed by atoms with Crippen LogP contribution in [0.1, 0.15) is 55.7 Å². The topological polar surface area (TPSA) is 79.6 Å². The van der Waals surface area contributed by atoms with Crippen LogP contribution in [0.25, 0.3) is 11.0 Å². The molecule has 0 atom stereocenters. The molecule has 170 valence electrons. The second-order valence-corrected chi connectivity index (χ2v) is 10.8. The highest BCUT2D eigenvalue weighted by atomic mass is 32.2. The predicted molar refractivity (Wildman–Crippen MR) is 126 cm³/mol. The van der Waals surface area contributed by atoms with Crippen molar-refractivity contribution >= 4 is 32.6 Å². The zero-order valence-electron chi connectivity index (χ0n) is 18.8. The summed E-state index contributed by atoms with van der Waals surface area (Å²) in [4.78, 5) is 13.0. The van der Waals surface area contributed by atoms with Gasteiger partial charge in [0.2, 0.25) is 15.9 Å². The van der Waals surface area contributed by atoms with E-state index >= 15 is 0 Å². The fourth-order valence-corrected chi connectivity index (χ4v) is 5.93. The first-order valence-corrected chi connectivity index (χ1v) is 12.6. The molecule has 7 heteroatoms. The molecular formula is C25H30N2O4S. The number of piperidine rings is 1. The van der Waals surface area contributed by atoms with Crippen LogP contribution >= 0.6 is 0 Å². The molecule has 0 bridgehead atoms. The molecule has 3 aromatic rings. The second kappa shape index (κ2) is 9.08. The van der Waals surface area contributed by atoms with Crippen molar-refractivity contribution in [2.75, 3.05) is 18.4 Å². The van der Waals surface area contributed by atoms with Crippen LogP contribution in [0.5, 0.6) is 0 Å². The minimum atomic E-state index is -3.55. The number of furan rings is 1. The van der Waals surface area contributed by atoms with E-state index in [-0.39, 0.29) is 17.2 Å². The van der Waals surface area contributed by atoms with Gasteiger partial charge in [0.25, 0.3) is 0 Å². The summed E-state index contributed by atoms with van der Waals surface area (Å²) in [6, 6.07) is 10.6. The molecule has 0 unspecified atom stereocenters. The Hall–Kier alpha value is -2.64. The van der Waals surface area contributed by atoms with E-state index in [0.29, 0.717) is 24.7 Å². The van der Waals surface area contributed by atoms with E-state index in [1.165, 1.54) is 21.5 Å². The average molecular weight is 455 g/mol. The van der Waals surface area contributed by atoms with Gasteiger partial charge in [0.05, 0.1) is 17.6 Å². The molecule has 1 aromatic heterocycles. The lowest BCUT2D eigenvalue weighted by Crippen LogP contribution is -2.35. The third kappa shape index (κ3) is 4.59. The van der Waals surface area contributed by atoms with Gasteiger partial charge in [-0.2, -0.15) is 4.31 Å². The average Bonchev–Trinajstić information content (AvgIpc) is 3.15. The third-order valence-electron chi connectivity index (χ3n) is 6.09. The Balaban J connectivity index is 1.51. The third-order valence-corrected chi connectivity index (χ3v) is 7.98. The van der Waals surface area contributed by atoms with Crippen molar-refractivity contribution in [1.82, 2.24) is 4.31 Å². The Morgan fingerprint density at radius 1 is 1.12 bits per heavy atom. The van der Waals surface area contributed by atoms with Crippen LogP contribution in [-0.4, -0.2) is 31.7 Å². The molecule has 0 saturated carbocycles. The van der Waals surface area contributed by atoms with Crippen LogP contribution in [-0.2, 0) is 21.2 Å². The van der Waals surface area contributed by atoms with E-state index in [1.807, 2.05) is 6.07 Å². The van der Waals surface area contributed by atoms with E-state index in [9.17, 15) is 13.2 Å². The summed E-state index contributed by atoms with van der Waals surface area (Å²) in [5.74, 6) is 0.160. The Morgan fingerprint density at radius 3 is 2.59 bits per heavy atom. The quantitative estimate of drug-likeness (QED) is 0.554. The SMILES string of the molecule is Cc1cc2occ(CC(=O)Nc3cccc(S(=O)(=O)N4CCCCC4)c3)c2cc1C(C)C. The van der Waals surface area contributed by atoms with Gasteiger partial charge in [-0.3, -0.25) is 4.79 Å². The number of hydrogen-bond donors (Lipinski definition) is 1. The van der Waals surface area contributed by atoms with Crippen LogP contribution in [0.2, 0.25) is 0 Å². The highest BCUT2D eigenvalue weighted by Gasteiger charge is 2.26. The van der Waals surface area contributed by atoms with Gasteiger partial charge in [0.15, 0.2) is 0 Å². The second-order valence-electron chi connectivity index (χ2n) is 8.84. The molecule has 2 aromatic carbocycles.